The number of benzene rings is 1. The highest BCUT2D eigenvalue weighted by Crippen LogP contribution is 2.32. The quantitative estimate of drug-likeness (QED) is 0.930. The Labute approximate surface area is 128 Å². The van der Waals surface area contributed by atoms with Gasteiger partial charge in [0.05, 0.1) is 11.5 Å². The van der Waals surface area contributed by atoms with Crippen molar-refractivity contribution in [2.75, 3.05) is 18.1 Å². The minimum Gasteiger partial charge on any atom is -0.314 e. The van der Waals surface area contributed by atoms with E-state index in [0.29, 0.717) is 29.4 Å². The third-order valence-corrected chi connectivity index (χ3v) is 6.86. The van der Waals surface area contributed by atoms with Gasteiger partial charge in [0.1, 0.15) is 0 Å². The summed E-state index contributed by atoms with van der Waals surface area (Å²) in [4.78, 5) is 0. The maximum atomic E-state index is 11.5. The first kappa shape index (κ1) is 15.0. The molecule has 0 amide bonds. The van der Waals surface area contributed by atoms with Crippen LogP contribution in [0.1, 0.15) is 43.6 Å². The van der Waals surface area contributed by atoms with Crippen molar-refractivity contribution in [1.82, 2.24) is 5.32 Å². The predicted octanol–water partition coefficient (Wildman–Crippen LogP) is 2.74. The van der Waals surface area contributed by atoms with Gasteiger partial charge in [0.25, 0.3) is 0 Å². The molecular formula is C17H25NO2S. The Hall–Kier alpha value is -0.870. The van der Waals surface area contributed by atoms with E-state index >= 15 is 0 Å². The molecule has 3 rings (SSSR count). The molecule has 1 aromatic carbocycles. The van der Waals surface area contributed by atoms with Crippen LogP contribution in [0.2, 0.25) is 0 Å². The van der Waals surface area contributed by atoms with E-state index in [4.69, 9.17) is 0 Å². The molecule has 0 aromatic heterocycles. The fourth-order valence-electron chi connectivity index (χ4n) is 3.72. The molecule has 1 heterocycles. The SMILES string of the molecule is O=S1(=O)CCC(CNC2CCC(c3ccccc3)CC2)C1. The van der Waals surface area contributed by atoms with Gasteiger partial charge in [0.15, 0.2) is 9.84 Å². The smallest absolute Gasteiger partial charge is 0.150 e. The molecule has 21 heavy (non-hydrogen) atoms. The van der Waals surface area contributed by atoms with Crippen LogP contribution >= 0.6 is 0 Å². The van der Waals surface area contributed by atoms with Gasteiger partial charge in [-0.2, -0.15) is 0 Å². The molecule has 1 atom stereocenters. The summed E-state index contributed by atoms with van der Waals surface area (Å²) < 4.78 is 22.9. The van der Waals surface area contributed by atoms with Crippen LogP contribution in [0.5, 0.6) is 0 Å². The number of rotatable bonds is 4. The molecule has 0 radical (unpaired) electrons. The number of nitrogens with one attached hydrogen (secondary N) is 1. The summed E-state index contributed by atoms with van der Waals surface area (Å²) in [5, 5.41) is 3.61. The Bertz CT molecular complexity index is 547. The highest BCUT2D eigenvalue weighted by molar-refractivity contribution is 7.91. The van der Waals surface area contributed by atoms with Gasteiger partial charge in [-0.3, -0.25) is 0 Å². The topological polar surface area (TPSA) is 46.2 Å². The van der Waals surface area contributed by atoms with Crippen LogP contribution < -0.4 is 5.32 Å². The summed E-state index contributed by atoms with van der Waals surface area (Å²) in [6, 6.07) is 11.4. The van der Waals surface area contributed by atoms with Crippen molar-refractivity contribution in [3.05, 3.63) is 35.9 Å². The fraction of sp³-hybridized carbons (Fsp3) is 0.647. The van der Waals surface area contributed by atoms with E-state index in [-0.39, 0.29) is 0 Å². The Kier molecular flexibility index (Phi) is 4.65. The highest BCUT2D eigenvalue weighted by atomic mass is 32.2. The third-order valence-electron chi connectivity index (χ3n) is 5.02. The molecule has 1 N–H and O–H groups in total. The van der Waals surface area contributed by atoms with E-state index in [0.717, 1.165) is 13.0 Å². The van der Waals surface area contributed by atoms with E-state index in [1.165, 1.54) is 31.2 Å². The van der Waals surface area contributed by atoms with E-state index in [1.54, 1.807) is 0 Å². The first-order valence-corrected chi connectivity index (χ1v) is 9.93. The number of hydrogen-bond donors (Lipinski definition) is 1. The molecular weight excluding hydrogens is 282 g/mol. The van der Waals surface area contributed by atoms with E-state index in [1.807, 2.05) is 0 Å². The minimum absolute atomic E-state index is 0.335. The Morgan fingerprint density at radius 3 is 2.33 bits per heavy atom. The zero-order valence-corrected chi connectivity index (χ0v) is 13.3. The molecule has 1 saturated carbocycles. The Morgan fingerprint density at radius 1 is 1.00 bits per heavy atom. The molecule has 1 aliphatic heterocycles. The van der Waals surface area contributed by atoms with Gasteiger partial charge in [0.2, 0.25) is 0 Å². The molecule has 1 saturated heterocycles. The molecule has 0 spiro atoms. The molecule has 2 fully saturated rings. The lowest BCUT2D eigenvalue weighted by Gasteiger charge is -2.30. The monoisotopic (exact) mass is 307 g/mol. The van der Waals surface area contributed by atoms with Crippen molar-refractivity contribution in [3.8, 4) is 0 Å². The standard InChI is InChI=1S/C17H25NO2S/c19-21(20)11-10-14(13-21)12-18-17-8-6-16(7-9-17)15-4-2-1-3-5-15/h1-5,14,16-18H,6-13H2. The van der Waals surface area contributed by atoms with Crippen LogP contribution in [-0.2, 0) is 9.84 Å². The normalized spacial score (nSPS) is 32.1. The van der Waals surface area contributed by atoms with Gasteiger partial charge in [0, 0.05) is 6.04 Å². The molecule has 0 bridgehead atoms. The summed E-state index contributed by atoms with van der Waals surface area (Å²) in [5.41, 5.74) is 1.47. The Balaban J connectivity index is 1.42. The van der Waals surface area contributed by atoms with Crippen molar-refractivity contribution in [3.63, 3.8) is 0 Å². The second-order valence-electron chi connectivity index (χ2n) is 6.64. The van der Waals surface area contributed by atoms with Gasteiger partial charge in [-0.25, -0.2) is 8.42 Å². The minimum atomic E-state index is -2.73. The van der Waals surface area contributed by atoms with Crippen molar-refractivity contribution in [2.24, 2.45) is 5.92 Å². The van der Waals surface area contributed by atoms with Crippen LogP contribution in [0.25, 0.3) is 0 Å². The molecule has 3 nitrogen and oxygen atoms in total. The maximum absolute atomic E-state index is 11.5. The Morgan fingerprint density at radius 2 is 1.71 bits per heavy atom. The molecule has 1 aliphatic carbocycles. The van der Waals surface area contributed by atoms with Crippen molar-refractivity contribution < 1.29 is 8.42 Å². The van der Waals surface area contributed by atoms with Crippen LogP contribution in [0.3, 0.4) is 0 Å². The average Bonchev–Trinajstić information content (AvgIpc) is 2.86. The average molecular weight is 307 g/mol. The molecule has 4 heteroatoms. The van der Waals surface area contributed by atoms with E-state index < -0.39 is 9.84 Å². The highest BCUT2D eigenvalue weighted by Gasteiger charge is 2.29. The summed E-state index contributed by atoms with van der Waals surface area (Å²) in [7, 11) is -2.73. The first-order valence-electron chi connectivity index (χ1n) is 8.11. The summed E-state index contributed by atoms with van der Waals surface area (Å²) in [5.74, 6) is 1.82. The molecule has 2 aliphatic rings. The maximum Gasteiger partial charge on any atom is 0.150 e. The summed E-state index contributed by atoms with van der Waals surface area (Å²) >= 11 is 0. The van der Waals surface area contributed by atoms with Crippen molar-refractivity contribution >= 4 is 9.84 Å². The van der Waals surface area contributed by atoms with E-state index in [9.17, 15) is 8.42 Å². The van der Waals surface area contributed by atoms with Crippen LogP contribution in [0, 0.1) is 5.92 Å². The fourth-order valence-corrected chi connectivity index (χ4v) is 5.58. The van der Waals surface area contributed by atoms with Crippen LogP contribution in [0.15, 0.2) is 30.3 Å². The van der Waals surface area contributed by atoms with Gasteiger partial charge < -0.3 is 5.32 Å². The zero-order valence-electron chi connectivity index (χ0n) is 12.5. The van der Waals surface area contributed by atoms with Crippen LogP contribution in [-0.4, -0.2) is 32.5 Å². The first-order chi connectivity index (χ1) is 10.1. The van der Waals surface area contributed by atoms with E-state index in [2.05, 4.69) is 35.6 Å². The lowest BCUT2D eigenvalue weighted by atomic mass is 9.81. The molecule has 1 aromatic rings. The lowest BCUT2D eigenvalue weighted by molar-refractivity contribution is 0.329. The predicted molar refractivity (Wildman–Crippen MR) is 86.2 cm³/mol. The second-order valence-corrected chi connectivity index (χ2v) is 8.87. The van der Waals surface area contributed by atoms with Gasteiger partial charge >= 0.3 is 0 Å². The zero-order chi connectivity index (χ0) is 14.7. The van der Waals surface area contributed by atoms with Gasteiger partial charge in [-0.15, -0.1) is 0 Å². The third kappa shape index (κ3) is 4.07. The molecule has 1 unspecified atom stereocenters. The van der Waals surface area contributed by atoms with Crippen molar-refractivity contribution in [2.45, 2.75) is 44.1 Å². The summed E-state index contributed by atoms with van der Waals surface area (Å²) in [6.45, 7) is 0.875. The largest absolute Gasteiger partial charge is 0.314 e. The molecule has 116 valence electrons. The van der Waals surface area contributed by atoms with Gasteiger partial charge in [-0.05, 0) is 56.0 Å². The second kappa shape index (κ2) is 6.49. The summed E-state index contributed by atoms with van der Waals surface area (Å²) in [6.07, 6.45) is 5.74. The van der Waals surface area contributed by atoms with Crippen LogP contribution in [0.4, 0.5) is 0 Å². The van der Waals surface area contributed by atoms with Gasteiger partial charge in [-0.1, -0.05) is 30.3 Å². The number of sulfone groups is 1. The lowest BCUT2D eigenvalue weighted by Crippen LogP contribution is -2.36. The number of hydrogen-bond acceptors (Lipinski definition) is 3. The van der Waals surface area contributed by atoms with Crippen molar-refractivity contribution in [1.29, 1.82) is 0 Å².